The topological polar surface area (TPSA) is 52.6 Å². The first kappa shape index (κ1) is 11.5. The number of fused-ring (bicyclic) bond motifs is 1. The molecule has 0 radical (unpaired) electrons. The fraction of sp³-hybridized carbons (Fsp3) is 0.308. The molecule has 0 fully saturated rings. The lowest BCUT2D eigenvalue weighted by atomic mass is 10.1. The maximum atomic E-state index is 12.0. The van der Waals surface area contributed by atoms with Gasteiger partial charge in [0.1, 0.15) is 5.60 Å². The molecular weight excluding hydrogens is 220 g/mol. The van der Waals surface area contributed by atoms with Gasteiger partial charge < -0.3 is 4.74 Å². The van der Waals surface area contributed by atoms with Gasteiger partial charge in [0.2, 0.25) is 11.2 Å². The fourth-order valence-electron chi connectivity index (χ4n) is 1.45. The predicted molar refractivity (Wildman–Crippen MR) is 62.9 cm³/mol. The third-order valence-corrected chi connectivity index (χ3v) is 2.65. The monoisotopic (exact) mass is 234 g/mol. The summed E-state index contributed by atoms with van der Waals surface area (Å²) in [5.41, 5.74) is 1.74. The molecule has 0 aliphatic carbocycles. The predicted octanol–water partition coefficient (Wildman–Crippen LogP) is 3.46. The number of rotatable bonds is 3. The van der Waals surface area contributed by atoms with Crippen LogP contribution in [-0.2, 0) is 4.74 Å². The van der Waals surface area contributed by atoms with Crippen LogP contribution in [0.4, 0.5) is 0 Å². The lowest BCUT2D eigenvalue weighted by molar-refractivity contribution is 0.0171. The Morgan fingerprint density at radius 3 is 2.65 bits per heavy atom. The molecule has 0 saturated heterocycles. The summed E-state index contributed by atoms with van der Waals surface area (Å²) in [6.45, 7) is 8.96. The van der Waals surface area contributed by atoms with Crippen LogP contribution in [0.5, 0.6) is 0 Å². The van der Waals surface area contributed by atoms with E-state index in [4.69, 9.17) is 13.9 Å². The number of esters is 1. The summed E-state index contributed by atoms with van der Waals surface area (Å²) in [6.07, 6.45) is 1.58. The molecule has 1 aromatic heterocycles. The van der Waals surface area contributed by atoms with Crippen LogP contribution in [0.15, 0.2) is 33.9 Å². The molecule has 90 valence electrons. The first-order chi connectivity index (χ1) is 7.94. The van der Waals surface area contributed by atoms with Crippen molar-refractivity contribution in [2.45, 2.75) is 26.4 Å². The van der Waals surface area contributed by atoms with E-state index in [0.29, 0.717) is 16.7 Å². The van der Waals surface area contributed by atoms with Gasteiger partial charge in [-0.15, -0.1) is 0 Å². The van der Waals surface area contributed by atoms with Crippen molar-refractivity contribution in [3.63, 3.8) is 0 Å². The number of benzene rings is 1. The zero-order valence-corrected chi connectivity index (χ0v) is 10.1. The van der Waals surface area contributed by atoms with Gasteiger partial charge in [0.05, 0.1) is 5.56 Å². The van der Waals surface area contributed by atoms with Crippen LogP contribution in [0.3, 0.4) is 0 Å². The zero-order chi connectivity index (χ0) is 12.6. The molecule has 0 bridgehead atoms. The van der Waals surface area contributed by atoms with E-state index in [1.165, 1.54) is 0 Å². The number of carbonyl (C=O) groups excluding carboxylic acids is 1. The van der Waals surface area contributed by atoms with Crippen molar-refractivity contribution in [1.82, 2.24) is 0 Å². The summed E-state index contributed by atoms with van der Waals surface area (Å²) in [7, 11) is 0. The van der Waals surface area contributed by atoms with Crippen molar-refractivity contribution in [2.75, 3.05) is 0 Å². The summed E-state index contributed by atoms with van der Waals surface area (Å²) < 4.78 is 14.9. The molecule has 0 unspecified atom stereocenters. The Hall–Kier alpha value is -1.97. The molecule has 0 saturated carbocycles. The molecule has 4 heteroatoms. The normalized spacial score (nSPS) is 11.7. The van der Waals surface area contributed by atoms with Crippen LogP contribution in [-0.4, -0.2) is 11.6 Å². The summed E-state index contributed by atoms with van der Waals surface area (Å²) in [6, 6.07) is 3.35. The van der Waals surface area contributed by atoms with Crippen LogP contribution in [0.25, 0.3) is 11.2 Å². The van der Waals surface area contributed by atoms with Crippen LogP contribution in [0, 0.1) is 6.92 Å². The maximum absolute atomic E-state index is 12.0. The summed E-state index contributed by atoms with van der Waals surface area (Å²) >= 11 is 0. The van der Waals surface area contributed by atoms with Crippen LogP contribution >= 0.6 is 0 Å². The van der Waals surface area contributed by atoms with Crippen molar-refractivity contribution < 1.29 is 18.7 Å². The molecule has 0 amide bonds. The highest BCUT2D eigenvalue weighted by Gasteiger charge is 2.23. The van der Waals surface area contributed by atoms with E-state index in [0.717, 1.165) is 5.56 Å². The molecule has 0 aliphatic rings. The molecule has 1 heterocycles. The Morgan fingerprint density at radius 1 is 1.41 bits per heavy atom. The lowest BCUT2D eigenvalue weighted by Crippen LogP contribution is -2.25. The first-order valence-corrected chi connectivity index (χ1v) is 5.29. The third kappa shape index (κ3) is 1.98. The fourth-order valence-corrected chi connectivity index (χ4v) is 1.45. The van der Waals surface area contributed by atoms with Gasteiger partial charge in [0.25, 0.3) is 0 Å². The third-order valence-electron chi connectivity index (χ3n) is 2.65. The van der Waals surface area contributed by atoms with Gasteiger partial charge in [-0.3, -0.25) is 9.15 Å². The van der Waals surface area contributed by atoms with Gasteiger partial charge in [0, 0.05) is 5.56 Å². The summed E-state index contributed by atoms with van der Waals surface area (Å²) in [5.74, 6) is -0.397. The van der Waals surface area contributed by atoms with Gasteiger partial charge >= 0.3 is 5.97 Å². The SMILES string of the molecule is C=CC(C)(C)OC(=O)c1ccc2ooc2c1C. The zero-order valence-electron chi connectivity index (χ0n) is 10.1. The quantitative estimate of drug-likeness (QED) is 0.463. The standard InChI is InChI=1S/C13H14O4/c1-5-13(3,4)15-12(14)9-6-7-10-11(8(9)2)17-16-10/h5-7H,1H2,2-4H3. The van der Waals surface area contributed by atoms with E-state index >= 15 is 0 Å². The average Bonchev–Trinajstić information content (AvgIpc) is 2.20. The van der Waals surface area contributed by atoms with Crippen LogP contribution in [0.2, 0.25) is 0 Å². The minimum atomic E-state index is -0.691. The van der Waals surface area contributed by atoms with E-state index in [-0.39, 0.29) is 0 Å². The Labute approximate surface area is 98.8 Å². The van der Waals surface area contributed by atoms with Crippen molar-refractivity contribution in [3.05, 3.63) is 35.9 Å². The Bertz CT molecular complexity index is 571. The summed E-state index contributed by atoms with van der Waals surface area (Å²) in [4.78, 5) is 12.0. The Kier molecular flexibility index (Phi) is 2.58. The number of hydrogen-bond acceptors (Lipinski definition) is 4. The highest BCUT2D eigenvalue weighted by Crippen LogP contribution is 2.26. The van der Waals surface area contributed by atoms with Gasteiger partial charge in [0.15, 0.2) is 0 Å². The number of hydrogen-bond donors (Lipinski definition) is 0. The molecule has 0 N–H and O–H groups in total. The number of ether oxygens (including phenoxy) is 1. The highest BCUT2D eigenvalue weighted by molar-refractivity contribution is 5.96. The second-order valence-corrected chi connectivity index (χ2v) is 4.43. The van der Waals surface area contributed by atoms with Crippen LogP contribution in [0.1, 0.15) is 29.8 Å². The molecular formula is C13H14O4. The molecule has 0 spiro atoms. The van der Waals surface area contributed by atoms with Crippen molar-refractivity contribution >= 4 is 17.1 Å². The maximum Gasteiger partial charge on any atom is 0.339 e. The second kappa shape index (κ2) is 3.80. The largest absolute Gasteiger partial charge is 0.452 e. The minimum absolute atomic E-state index is 0.397. The van der Waals surface area contributed by atoms with E-state index in [1.54, 1.807) is 39.0 Å². The number of aryl methyl sites for hydroxylation is 1. The van der Waals surface area contributed by atoms with E-state index in [1.807, 2.05) is 0 Å². The van der Waals surface area contributed by atoms with E-state index < -0.39 is 11.6 Å². The average molecular weight is 234 g/mol. The van der Waals surface area contributed by atoms with Gasteiger partial charge in [-0.2, -0.15) is 0 Å². The minimum Gasteiger partial charge on any atom is -0.452 e. The van der Waals surface area contributed by atoms with Gasteiger partial charge in [-0.25, -0.2) is 4.79 Å². The van der Waals surface area contributed by atoms with Crippen molar-refractivity contribution in [3.8, 4) is 0 Å². The molecule has 2 rings (SSSR count). The van der Waals surface area contributed by atoms with Crippen LogP contribution < -0.4 is 0 Å². The van der Waals surface area contributed by atoms with Gasteiger partial charge in [-0.05, 0) is 39.0 Å². The smallest absolute Gasteiger partial charge is 0.339 e. The highest BCUT2D eigenvalue weighted by atomic mass is 17.0. The van der Waals surface area contributed by atoms with Crippen molar-refractivity contribution in [2.24, 2.45) is 0 Å². The van der Waals surface area contributed by atoms with E-state index in [9.17, 15) is 4.79 Å². The Morgan fingerprint density at radius 2 is 2.12 bits per heavy atom. The van der Waals surface area contributed by atoms with Crippen molar-refractivity contribution in [1.29, 1.82) is 0 Å². The van der Waals surface area contributed by atoms with E-state index in [2.05, 4.69) is 6.58 Å². The lowest BCUT2D eigenvalue weighted by Gasteiger charge is -2.21. The molecule has 0 atom stereocenters. The summed E-state index contributed by atoms with van der Waals surface area (Å²) in [5, 5.41) is 0. The second-order valence-electron chi connectivity index (χ2n) is 4.43. The van der Waals surface area contributed by atoms with Gasteiger partial charge in [-0.1, -0.05) is 6.58 Å². The molecule has 1 aromatic carbocycles. The molecule has 2 aromatic rings. The first-order valence-electron chi connectivity index (χ1n) is 5.29. The Balaban J connectivity index is 2.31. The molecule has 17 heavy (non-hydrogen) atoms. The number of carbonyl (C=O) groups is 1. The molecule has 4 nitrogen and oxygen atoms in total. The molecule has 0 aliphatic heterocycles.